The monoisotopic (exact) mass is 320 g/mol. The number of carbonyl (C=O) groups is 1. The minimum Gasteiger partial charge on any atom is -0.403 e. The number of nitrogens with zero attached hydrogens (tertiary/aromatic N) is 2. The molecule has 6 heteroatoms. The van der Waals surface area contributed by atoms with Gasteiger partial charge in [0.25, 0.3) is 5.69 Å². The van der Waals surface area contributed by atoms with Crippen molar-refractivity contribution in [1.82, 2.24) is 0 Å². The first-order valence-corrected chi connectivity index (χ1v) is 7.12. The van der Waals surface area contributed by atoms with Crippen molar-refractivity contribution in [3.8, 4) is 0 Å². The van der Waals surface area contributed by atoms with E-state index < -0.39 is 10.9 Å². The Labute approximate surface area is 137 Å². The van der Waals surface area contributed by atoms with E-state index in [4.69, 9.17) is 4.74 Å². The van der Waals surface area contributed by atoms with Crippen molar-refractivity contribution in [2.24, 2.45) is 4.99 Å². The van der Waals surface area contributed by atoms with Crippen LogP contribution in [0.2, 0.25) is 0 Å². The molecule has 0 atom stereocenters. The number of esters is 1. The van der Waals surface area contributed by atoms with E-state index in [1.165, 1.54) is 18.2 Å². The van der Waals surface area contributed by atoms with Gasteiger partial charge in [0.2, 0.25) is 5.90 Å². The van der Waals surface area contributed by atoms with Gasteiger partial charge in [-0.2, -0.15) is 0 Å². The van der Waals surface area contributed by atoms with Crippen LogP contribution < -0.4 is 0 Å². The number of benzene rings is 2. The van der Waals surface area contributed by atoms with Crippen molar-refractivity contribution < 1.29 is 14.5 Å². The Morgan fingerprint density at radius 1 is 0.958 bits per heavy atom. The molecule has 24 heavy (non-hydrogen) atoms. The Kier molecular flexibility index (Phi) is 4.29. The predicted molar refractivity (Wildman–Crippen MR) is 90.1 cm³/mol. The van der Waals surface area contributed by atoms with Crippen molar-refractivity contribution in [3.63, 3.8) is 0 Å². The zero-order valence-electron chi connectivity index (χ0n) is 12.5. The first-order valence-electron chi connectivity index (χ1n) is 7.12. The first kappa shape index (κ1) is 15.4. The molecule has 0 fully saturated rings. The summed E-state index contributed by atoms with van der Waals surface area (Å²) in [5, 5.41) is 10.6. The minimum atomic E-state index is -0.555. The number of aliphatic imine (C=N–C) groups is 1. The van der Waals surface area contributed by atoms with Gasteiger partial charge >= 0.3 is 5.97 Å². The van der Waals surface area contributed by atoms with Crippen LogP contribution in [0.5, 0.6) is 0 Å². The highest BCUT2D eigenvalue weighted by atomic mass is 16.6. The number of nitro benzene ring substituents is 1. The Morgan fingerprint density at radius 2 is 1.67 bits per heavy atom. The van der Waals surface area contributed by atoms with Gasteiger partial charge in [0, 0.05) is 18.2 Å². The zero-order chi connectivity index (χ0) is 16.9. The molecule has 0 aromatic heterocycles. The lowest BCUT2D eigenvalue weighted by Gasteiger charge is -1.94. The highest BCUT2D eigenvalue weighted by Crippen LogP contribution is 2.18. The maximum absolute atomic E-state index is 11.8. The summed E-state index contributed by atoms with van der Waals surface area (Å²) in [6.07, 6.45) is 4.93. The second kappa shape index (κ2) is 6.70. The Morgan fingerprint density at radius 3 is 2.33 bits per heavy atom. The molecule has 0 radical (unpaired) electrons. The van der Waals surface area contributed by atoms with Crippen molar-refractivity contribution in [2.75, 3.05) is 0 Å². The molecule has 1 heterocycles. The van der Waals surface area contributed by atoms with Gasteiger partial charge < -0.3 is 4.74 Å². The average molecular weight is 320 g/mol. The van der Waals surface area contributed by atoms with Gasteiger partial charge in [-0.3, -0.25) is 10.1 Å². The molecule has 1 aliphatic heterocycles. The molecule has 1 aliphatic rings. The van der Waals surface area contributed by atoms with Crippen LogP contribution in [0.3, 0.4) is 0 Å². The van der Waals surface area contributed by atoms with Crippen LogP contribution in [0.4, 0.5) is 5.69 Å². The van der Waals surface area contributed by atoms with E-state index in [1.54, 1.807) is 24.3 Å². The second-order valence-corrected chi connectivity index (χ2v) is 4.96. The van der Waals surface area contributed by atoms with E-state index in [2.05, 4.69) is 4.99 Å². The Bertz CT molecular complexity index is 866. The van der Waals surface area contributed by atoms with Gasteiger partial charge in [-0.05, 0) is 35.4 Å². The summed E-state index contributed by atoms with van der Waals surface area (Å²) in [6, 6.07) is 15.4. The summed E-state index contributed by atoms with van der Waals surface area (Å²) >= 11 is 0. The van der Waals surface area contributed by atoms with Crippen LogP contribution in [0.25, 0.3) is 12.2 Å². The fraction of sp³-hybridized carbons (Fsp3) is 0. The van der Waals surface area contributed by atoms with E-state index >= 15 is 0 Å². The SMILES string of the molecule is O=C1OC(/C=C/c2ccccc2)=NC/1=C\c1ccc([N+](=O)[O-])cc1. The largest absolute Gasteiger partial charge is 0.403 e. The number of rotatable bonds is 4. The van der Waals surface area contributed by atoms with E-state index in [0.29, 0.717) is 5.56 Å². The molecule has 0 amide bonds. The summed E-state index contributed by atoms with van der Waals surface area (Å²) in [5.41, 5.74) is 1.73. The van der Waals surface area contributed by atoms with Crippen molar-refractivity contribution in [3.05, 3.63) is 87.6 Å². The fourth-order valence-corrected chi connectivity index (χ4v) is 2.08. The standard InChI is InChI=1S/C18H12N2O4/c21-18-16(12-14-6-9-15(10-7-14)20(22)23)19-17(24-18)11-8-13-4-2-1-3-5-13/h1-12H/b11-8+,16-12-. The van der Waals surface area contributed by atoms with Crippen LogP contribution in [-0.4, -0.2) is 16.8 Å². The summed E-state index contributed by atoms with van der Waals surface area (Å²) < 4.78 is 5.08. The topological polar surface area (TPSA) is 81.8 Å². The molecule has 118 valence electrons. The summed E-state index contributed by atoms with van der Waals surface area (Å²) in [7, 11) is 0. The molecule has 2 aromatic rings. The Hall–Kier alpha value is -3.54. The molecule has 0 saturated heterocycles. The van der Waals surface area contributed by atoms with Crippen LogP contribution >= 0.6 is 0 Å². The second-order valence-electron chi connectivity index (χ2n) is 4.96. The lowest BCUT2D eigenvalue weighted by molar-refractivity contribution is -0.384. The lowest BCUT2D eigenvalue weighted by atomic mass is 10.2. The van der Waals surface area contributed by atoms with Crippen LogP contribution in [0, 0.1) is 10.1 Å². The molecular weight excluding hydrogens is 308 g/mol. The molecule has 0 bridgehead atoms. The number of non-ortho nitro benzene ring substituents is 1. The lowest BCUT2D eigenvalue weighted by Crippen LogP contribution is -2.01. The summed E-state index contributed by atoms with van der Waals surface area (Å²) in [5.74, 6) is -0.349. The quantitative estimate of drug-likeness (QED) is 0.373. The number of nitro groups is 1. The molecular formula is C18H12N2O4. The Balaban J connectivity index is 1.78. The third-order valence-electron chi connectivity index (χ3n) is 3.26. The molecule has 0 aliphatic carbocycles. The highest BCUT2D eigenvalue weighted by molar-refractivity contribution is 6.11. The van der Waals surface area contributed by atoms with Gasteiger partial charge in [-0.1, -0.05) is 30.3 Å². The third-order valence-corrected chi connectivity index (χ3v) is 3.26. The van der Waals surface area contributed by atoms with Crippen LogP contribution in [-0.2, 0) is 9.53 Å². The molecule has 0 N–H and O–H groups in total. The van der Waals surface area contributed by atoms with Crippen LogP contribution in [0.15, 0.2) is 71.4 Å². The first-order chi connectivity index (χ1) is 11.6. The van der Waals surface area contributed by atoms with Crippen molar-refractivity contribution in [2.45, 2.75) is 0 Å². The fourth-order valence-electron chi connectivity index (χ4n) is 2.08. The summed E-state index contributed by atoms with van der Waals surface area (Å²) in [4.78, 5) is 26.1. The number of hydrogen-bond donors (Lipinski definition) is 0. The van der Waals surface area contributed by atoms with Crippen molar-refractivity contribution >= 4 is 29.7 Å². The minimum absolute atomic E-state index is 0.0128. The van der Waals surface area contributed by atoms with Gasteiger partial charge in [-0.15, -0.1) is 0 Å². The summed E-state index contributed by atoms with van der Waals surface area (Å²) in [6.45, 7) is 0. The molecule has 3 rings (SSSR count). The van der Waals surface area contributed by atoms with E-state index in [1.807, 2.05) is 30.3 Å². The van der Waals surface area contributed by atoms with Crippen molar-refractivity contribution in [1.29, 1.82) is 0 Å². The normalized spacial score (nSPS) is 15.6. The van der Waals surface area contributed by atoms with Gasteiger partial charge in [-0.25, -0.2) is 9.79 Å². The molecule has 0 unspecified atom stereocenters. The van der Waals surface area contributed by atoms with Crippen LogP contribution in [0.1, 0.15) is 11.1 Å². The molecule has 6 nitrogen and oxygen atoms in total. The molecule has 0 saturated carbocycles. The predicted octanol–water partition coefficient (Wildman–Crippen LogP) is 3.60. The van der Waals surface area contributed by atoms with Gasteiger partial charge in [0.05, 0.1) is 4.92 Å². The number of carbonyl (C=O) groups excluding carboxylic acids is 1. The average Bonchev–Trinajstić information content (AvgIpc) is 2.94. The molecule has 2 aromatic carbocycles. The number of ether oxygens (including phenoxy) is 1. The molecule has 0 spiro atoms. The van der Waals surface area contributed by atoms with Gasteiger partial charge in [0.1, 0.15) is 0 Å². The highest BCUT2D eigenvalue weighted by Gasteiger charge is 2.21. The number of hydrogen-bond acceptors (Lipinski definition) is 5. The smallest absolute Gasteiger partial charge is 0.363 e. The van der Waals surface area contributed by atoms with E-state index in [-0.39, 0.29) is 17.3 Å². The number of cyclic esters (lactones) is 1. The maximum atomic E-state index is 11.8. The zero-order valence-corrected chi connectivity index (χ0v) is 12.5. The van der Waals surface area contributed by atoms with E-state index in [0.717, 1.165) is 5.56 Å². The maximum Gasteiger partial charge on any atom is 0.363 e. The van der Waals surface area contributed by atoms with Gasteiger partial charge in [0.15, 0.2) is 5.70 Å². The third kappa shape index (κ3) is 3.61. The van der Waals surface area contributed by atoms with E-state index in [9.17, 15) is 14.9 Å².